The molecule has 0 saturated heterocycles. The Morgan fingerprint density at radius 1 is 0.586 bits per heavy atom. The average molecular weight is 1150 g/mol. The molecular formula is C63H54FGeIrN3O-2. The maximum absolute atomic E-state index is 12.8. The molecule has 7 heteroatoms. The third kappa shape index (κ3) is 9.74. The van der Waals surface area contributed by atoms with Crippen molar-refractivity contribution in [1.29, 1.82) is 0 Å². The SMILES string of the molecule is CC(C)c1cc(-c2ccc(-c3ccccc3)cc2)cc(C(C)C)c1-n1c(-c2[c-]ccc3c2oc2cc(-c4ccccc4)ccc23)nc2ccccc21.[CH3][Ge]([CH3])([CH3])[c]1ccc(-c2[c-]cc(F)cc2)nc1.[Ir]. The van der Waals surface area contributed by atoms with Gasteiger partial charge in [0.2, 0.25) is 0 Å². The van der Waals surface area contributed by atoms with Crippen LogP contribution in [0.4, 0.5) is 4.39 Å². The van der Waals surface area contributed by atoms with Crippen molar-refractivity contribution in [3.8, 4) is 61.7 Å². The van der Waals surface area contributed by atoms with Gasteiger partial charge in [0.1, 0.15) is 5.58 Å². The molecule has 3 heterocycles. The molecule has 11 aromatic rings. The van der Waals surface area contributed by atoms with Gasteiger partial charge in [-0.1, -0.05) is 148 Å². The summed E-state index contributed by atoms with van der Waals surface area (Å²) in [5.41, 5.74) is 17.1. The first kappa shape index (κ1) is 48.3. The van der Waals surface area contributed by atoms with Crippen molar-refractivity contribution in [3.05, 3.63) is 217 Å². The van der Waals surface area contributed by atoms with E-state index in [0.29, 0.717) is 0 Å². The number of rotatable bonds is 9. The minimum Gasteiger partial charge on any atom is 0 e. The number of halogens is 1. The first-order valence-corrected chi connectivity index (χ1v) is 31.1. The van der Waals surface area contributed by atoms with E-state index in [1.54, 1.807) is 6.07 Å². The van der Waals surface area contributed by atoms with E-state index >= 15 is 0 Å². The second-order valence-corrected chi connectivity index (χ2v) is 30.0. The molecule has 349 valence electrons. The molecule has 0 aliphatic rings. The van der Waals surface area contributed by atoms with Gasteiger partial charge in [0.15, 0.2) is 0 Å². The molecule has 3 aromatic heterocycles. The molecule has 0 amide bonds. The standard InChI is InChI=1S/C49H39N2O.C14H15FGeN.Ir/c1-31(2)42-28-38(36-24-22-35(23-25-36)33-14-7-5-8-15-33)29-43(32(3)4)47(42)51-45-21-12-11-20-44(45)50-49(51)41-19-13-18-40-39-27-26-37(30-46(39)52-48(40)41)34-16-9-6-10-17-34;1-16(2,3)13-8-9-14(17-10-13)11-4-6-12(15)7-5-11;/h5-18,20-32H,1-4H3;4,6-10H,1-3H3;/q2*-1;. The van der Waals surface area contributed by atoms with Crippen molar-refractivity contribution in [1.82, 2.24) is 14.5 Å². The third-order valence-electron chi connectivity index (χ3n) is 13.0. The Morgan fingerprint density at radius 3 is 1.79 bits per heavy atom. The van der Waals surface area contributed by atoms with Gasteiger partial charge in [0.25, 0.3) is 0 Å². The van der Waals surface area contributed by atoms with Crippen LogP contribution in [0, 0.1) is 17.9 Å². The molecule has 0 fully saturated rings. The normalized spacial score (nSPS) is 11.6. The molecule has 0 aliphatic carbocycles. The number of aromatic nitrogens is 3. The van der Waals surface area contributed by atoms with E-state index < -0.39 is 13.3 Å². The smallest absolute Gasteiger partial charge is 0 e. The summed E-state index contributed by atoms with van der Waals surface area (Å²) in [6.45, 7) is 9.17. The van der Waals surface area contributed by atoms with Gasteiger partial charge in [-0.2, -0.15) is 0 Å². The minimum absolute atomic E-state index is 0. The number of hydrogen-bond acceptors (Lipinski definition) is 3. The van der Waals surface area contributed by atoms with Crippen molar-refractivity contribution in [2.24, 2.45) is 0 Å². The zero-order chi connectivity index (χ0) is 47.8. The van der Waals surface area contributed by atoms with Gasteiger partial charge in [-0.25, -0.2) is 0 Å². The van der Waals surface area contributed by atoms with Crippen molar-refractivity contribution >= 4 is 50.6 Å². The van der Waals surface area contributed by atoms with E-state index in [2.05, 4.69) is 212 Å². The van der Waals surface area contributed by atoms with E-state index in [0.717, 1.165) is 66.7 Å². The maximum Gasteiger partial charge on any atom is 0 e. The van der Waals surface area contributed by atoms with Gasteiger partial charge in [-0.05, 0) is 86.7 Å². The Bertz CT molecular complexity index is 3550. The number of hydrogen-bond donors (Lipinski definition) is 0. The van der Waals surface area contributed by atoms with E-state index in [1.165, 1.54) is 55.6 Å². The van der Waals surface area contributed by atoms with Gasteiger partial charge in [0, 0.05) is 31.2 Å². The third-order valence-corrected chi connectivity index (χ3v) is 17.2. The van der Waals surface area contributed by atoms with Crippen LogP contribution in [-0.4, -0.2) is 27.8 Å². The quantitative estimate of drug-likeness (QED) is 0.107. The Kier molecular flexibility index (Phi) is 14.0. The molecule has 0 bridgehead atoms. The van der Waals surface area contributed by atoms with Crippen molar-refractivity contribution in [3.63, 3.8) is 0 Å². The molecule has 4 nitrogen and oxygen atoms in total. The minimum atomic E-state index is -1.79. The summed E-state index contributed by atoms with van der Waals surface area (Å²) in [5, 5.41) is 2.14. The number of nitrogens with zero attached hydrogens (tertiary/aromatic N) is 3. The number of benzene rings is 8. The van der Waals surface area contributed by atoms with E-state index in [1.807, 2.05) is 24.4 Å². The van der Waals surface area contributed by atoms with Crippen LogP contribution in [0.3, 0.4) is 0 Å². The van der Waals surface area contributed by atoms with Gasteiger partial charge >= 0.3 is 104 Å². The van der Waals surface area contributed by atoms with Gasteiger partial charge in [-0.15, -0.1) is 18.2 Å². The van der Waals surface area contributed by atoms with Crippen LogP contribution < -0.4 is 4.40 Å². The average Bonchev–Trinajstić information content (AvgIpc) is 3.95. The molecule has 8 aromatic carbocycles. The number of fused-ring (bicyclic) bond motifs is 4. The fourth-order valence-corrected chi connectivity index (χ4v) is 11.3. The second kappa shape index (κ2) is 20.3. The molecule has 0 aliphatic heterocycles. The number of imidazole rings is 1. The van der Waals surface area contributed by atoms with Gasteiger partial charge < -0.3 is 8.98 Å². The molecule has 1 radical (unpaired) electrons. The summed E-state index contributed by atoms with van der Waals surface area (Å²) < 4.78 is 23.3. The molecule has 70 heavy (non-hydrogen) atoms. The van der Waals surface area contributed by atoms with Crippen molar-refractivity contribution in [2.45, 2.75) is 56.8 Å². The molecule has 11 rings (SSSR count). The Balaban J connectivity index is 0.000000286. The van der Waals surface area contributed by atoms with Gasteiger partial charge in [-0.3, -0.25) is 4.98 Å². The van der Waals surface area contributed by atoms with Crippen molar-refractivity contribution in [2.75, 3.05) is 0 Å². The summed E-state index contributed by atoms with van der Waals surface area (Å²) in [4.78, 5) is 9.77. The maximum atomic E-state index is 12.8. The first-order valence-electron chi connectivity index (χ1n) is 23.8. The fraction of sp³-hybridized carbons (Fsp3) is 0.143. The first-order chi connectivity index (χ1) is 33.4. The Hall–Kier alpha value is -6.70. The summed E-state index contributed by atoms with van der Waals surface area (Å²) in [6.07, 6.45) is 1.95. The van der Waals surface area contributed by atoms with Crippen LogP contribution in [0.1, 0.15) is 50.7 Å². The van der Waals surface area contributed by atoms with Crippen LogP contribution >= 0.6 is 0 Å². The number of pyridine rings is 1. The van der Waals surface area contributed by atoms with Crippen LogP contribution in [0.25, 0.3) is 94.7 Å². The summed E-state index contributed by atoms with van der Waals surface area (Å²) in [6, 6.07) is 68.9. The molecular weight excluding hydrogens is 1100 g/mol. The topological polar surface area (TPSA) is 43.9 Å². The van der Waals surface area contributed by atoms with E-state index in [-0.39, 0.29) is 37.8 Å². The van der Waals surface area contributed by atoms with E-state index in [9.17, 15) is 4.39 Å². The summed E-state index contributed by atoms with van der Waals surface area (Å²) >= 11 is -1.79. The molecule has 0 spiro atoms. The number of furan rings is 1. The zero-order valence-corrected chi connectivity index (χ0v) is 45.0. The summed E-state index contributed by atoms with van der Waals surface area (Å²) in [7, 11) is 0. The molecule has 0 atom stereocenters. The fourth-order valence-electron chi connectivity index (χ4n) is 9.17. The van der Waals surface area contributed by atoms with Gasteiger partial charge in [0.05, 0.1) is 22.4 Å². The molecule has 0 unspecified atom stereocenters. The van der Waals surface area contributed by atoms with E-state index in [4.69, 9.17) is 9.40 Å². The largest absolute Gasteiger partial charge is 0 e. The number of para-hydroxylation sites is 2. The molecule has 0 N–H and O–H groups in total. The van der Waals surface area contributed by atoms with Crippen LogP contribution in [0.2, 0.25) is 17.3 Å². The van der Waals surface area contributed by atoms with Crippen LogP contribution in [-0.2, 0) is 20.1 Å². The zero-order valence-electron chi connectivity index (χ0n) is 40.5. The van der Waals surface area contributed by atoms with Crippen LogP contribution in [0.5, 0.6) is 0 Å². The Labute approximate surface area is 427 Å². The van der Waals surface area contributed by atoms with Crippen molar-refractivity contribution < 1.29 is 28.9 Å². The Morgan fingerprint density at radius 2 is 1.19 bits per heavy atom. The predicted molar refractivity (Wildman–Crippen MR) is 289 cm³/mol. The predicted octanol–water partition coefficient (Wildman–Crippen LogP) is 16.9. The summed E-state index contributed by atoms with van der Waals surface area (Å²) in [5.74, 6) is 8.08. The van der Waals surface area contributed by atoms with Crippen LogP contribution in [0.15, 0.2) is 193 Å². The second-order valence-electron chi connectivity index (χ2n) is 19.4. The molecule has 0 saturated carbocycles. The monoisotopic (exact) mass is 1150 g/mol.